The van der Waals surface area contributed by atoms with Crippen LogP contribution in [0.4, 0.5) is 0 Å². The van der Waals surface area contributed by atoms with Gasteiger partial charge in [-0.25, -0.2) is 0 Å². The number of aliphatic imine (C=N–C) groups is 1. The van der Waals surface area contributed by atoms with E-state index in [2.05, 4.69) is 47.3 Å². The molecule has 0 atom stereocenters. The van der Waals surface area contributed by atoms with E-state index < -0.39 is 0 Å². The predicted octanol–water partition coefficient (Wildman–Crippen LogP) is 2.74. The highest BCUT2D eigenvalue weighted by Crippen LogP contribution is 2.27. The second-order valence-electron chi connectivity index (χ2n) is 7.49. The van der Waals surface area contributed by atoms with E-state index in [1.54, 1.807) is 11.3 Å². The highest BCUT2D eigenvalue weighted by atomic mass is 32.1. The van der Waals surface area contributed by atoms with Crippen molar-refractivity contribution in [1.29, 1.82) is 0 Å². The molecule has 0 unspecified atom stereocenters. The van der Waals surface area contributed by atoms with E-state index >= 15 is 0 Å². The van der Waals surface area contributed by atoms with E-state index in [0.29, 0.717) is 19.6 Å². The molecule has 0 saturated heterocycles. The van der Waals surface area contributed by atoms with Crippen LogP contribution in [0, 0.1) is 5.41 Å². The van der Waals surface area contributed by atoms with Gasteiger partial charge < -0.3 is 16.0 Å². The van der Waals surface area contributed by atoms with E-state index in [1.165, 1.54) is 4.88 Å². The first-order valence-electron chi connectivity index (χ1n) is 8.51. The molecule has 0 spiro atoms. The zero-order chi connectivity index (χ0) is 18.2. The van der Waals surface area contributed by atoms with Crippen molar-refractivity contribution in [3.05, 3.63) is 22.4 Å². The molecule has 1 aromatic rings. The number of nitrogens with one attached hydrogen (secondary N) is 3. The molecule has 24 heavy (non-hydrogen) atoms. The van der Waals surface area contributed by atoms with Crippen LogP contribution in [0.1, 0.15) is 46.4 Å². The van der Waals surface area contributed by atoms with Gasteiger partial charge in [0, 0.05) is 35.3 Å². The Bertz CT molecular complexity index is 530. The minimum atomic E-state index is -0.358. The van der Waals surface area contributed by atoms with Gasteiger partial charge in [-0.05, 0) is 18.4 Å². The Morgan fingerprint density at radius 3 is 2.33 bits per heavy atom. The molecular weight excluding hydrogens is 320 g/mol. The maximum absolute atomic E-state index is 11.8. The third-order valence-corrected chi connectivity index (χ3v) is 4.78. The average Bonchev–Trinajstić information content (AvgIpc) is 3.03. The van der Waals surface area contributed by atoms with Crippen molar-refractivity contribution >= 4 is 23.2 Å². The summed E-state index contributed by atoms with van der Waals surface area (Å²) in [6, 6.07) is 4.23. The van der Waals surface area contributed by atoms with Crippen LogP contribution in [0.25, 0.3) is 0 Å². The first kappa shape index (κ1) is 20.5. The molecule has 5 nitrogen and oxygen atoms in total. The van der Waals surface area contributed by atoms with Gasteiger partial charge in [0.15, 0.2) is 5.96 Å². The van der Waals surface area contributed by atoms with Crippen molar-refractivity contribution < 1.29 is 4.79 Å². The Morgan fingerprint density at radius 2 is 1.79 bits per heavy atom. The summed E-state index contributed by atoms with van der Waals surface area (Å²) in [7, 11) is 0. The average molecular weight is 353 g/mol. The molecule has 1 amide bonds. The Hall–Kier alpha value is -1.56. The fourth-order valence-corrected chi connectivity index (χ4v) is 2.83. The Balaban J connectivity index is 2.50. The standard InChI is InChI=1S/C18H32N4OS/c1-7-19-16(21-11-10-20-15(23)17(2,3)4)22-13-18(5,6)14-9-8-12-24-14/h8-9,12H,7,10-11,13H2,1-6H3,(H,20,23)(H2,19,21,22). The molecule has 0 aliphatic rings. The van der Waals surface area contributed by atoms with Crippen molar-refractivity contribution in [3.63, 3.8) is 0 Å². The normalized spacial score (nSPS) is 12.8. The molecule has 0 aliphatic carbocycles. The number of hydrogen-bond donors (Lipinski definition) is 3. The Labute approximate surface area is 150 Å². The number of carbonyl (C=O) groups excluding carboxylic acids is 1. The number of thiophene rings is 1. The second-order valence-corrected chi connectivity index (χ2v) is 8.44. The monoisotopic (exact) mass is 352 g/mol. The van der Waals surface area contributed by atoms with Crippen LogP contribution in [0.15, 0.2) is 22.5 Å². The van der Waals surface area contributed by atoms with Crippen LogP contribution in [-0.4, -0.2) is 38.0 Å². The molecule has 0 aromatic carbocycles. The lowest BCUT2D eigenvalue weighted by Crippen LogP contribution is -2.44. The third kappa shape index (κ3) is 6.91. The van der Waals surface area contributed by atoms with Crippen molar-refractivity contribution in [2.75, 3.05) is 26.2 Å². The molecule has 3 N–H and O–H groups in total. The molecular formula is C18H32N4OS. The van der Waals surface area contributed by atoms with Crippen molar-refractivity contribution in [2.24, 2.45) is 10.4 Å². The van der Waals surface area contributed by atoms with Crippen LogP contribution in [0.2, 0.25) is 0 Å². The van der Waals surface area contributed by atoms with Gasteiger partial charge in [-0.1, -0.05) is 40.7 Å². The van der Waals surface area contributed by atoms with Crippen LogP contribution in [0.3, 0.4) is 0 Å². The molecule has 0 bridgehead atoms. The largest absolute Gasteiger partial charge is 0.357 e. The SMILES string of the molecule is CCNC(=NCC(C)(C)c1cccs1)NCCNC(=O)C(C)(C)C. The molecule has 0 radical (unpaired) electrons. The quantitative estimate of drug-likeness (QED) is 0.402. The van der Waals surface area contributed by atoms with Crippen LogP contribution in [0.5, 0.6) is 0 Å². The zero-order valence-electron chi connectivity index (χ0n) is 15.8. The van der Waals surface area contributed by atoms with E-state index in [9.17, 15) is 4.79 Å². The number of amides is 1. The summed E-state index contributed by atoms with van der Waals surface area (Å²) in [4.78, 5) is 17.9. The molecule has 0 aliphatic heterocycles. The Morgan fingerprint density at radius 1 is 1.12 bits per heavy atom. The summed E-state index contributed by atoms with van der Waals surface area (Å²) in [6.07, 6.45) is 0. The van der Waals surface area contributed by atoms with E-state index in [4.69, 9.17) is 4.99 Å². The summed E-state index contributed by atoms with van der Waals surface area (Å²) < 4.78 is 0. The highest BCUT2D eigenvalue weighted by Gasteiger charge is 2.22. The van der Waals surface area contributed by atoms with Crippen molar-refractivity contribution in [1.82, 2.24) is 16.0 Å². The fourth-order valence-electron chi connectivity index (χ4n) is 1.98. The first-order valence-corrected chi connectivity index (χ1v) is 9.39. The van der Waals surface area contributed by atoms with E-state index in [0.717, 1.165) is 12.5 Å². The lowest BCUT2D eigenvalue weighted by molar-refractivity contribution is -0.128. The van der Waals surface area contributed by atoms with Gasteiger partial charge in [0.05, 0.1) is 6.54 Å². The smallest absolute Gasteiger partial charge is 0.225 e. The molecule has 0 saturated carbocycles. The summed E-state index contributed by atoms with van der Waals surface area (Å²) in [5.41, 5.74) is -0.347. The van der Waals surface area contributed by atoms with Gasteiger partial charge in [-0.15, -0.1) is 11.3 Å². The molecule has 1 heterocycles. The molecule has 0 fully saturated rings. The number of nitrogens with zero attached hydrogens (tertiary/aromatic N) is 1. The van der Waals surface area contributed by atoms with Crippen LogP contribution in [-0.2, 0) is 10.2 Å². The number of guanidine groups is 1. The highest BCUT2D eigenvalue weighted by molar-refractivity contribution is 7.10. The minimum absolute atomic E-state index is 0.0109. The number of rotatable bonds is 7. The maximum atomic E-state index is 11.8. The number of carbonyl (C=O) groups is 1. The lowest BCUT2D eigenvalue weighted by atomic mass is 9.92. The van der Waals surface area contributed by atoms with Crippen molar-refractivity contribution in [2.45, 2.75) is 47.0 Å². The molecule has 1 aromatic heterocycles. The first-order chi connectivity index (χ1) is 11.2. The van der Waals surface area contributed by atoms with Gasteiger partial charge in [-0.2, -0.15) is 0 Å². The van der Waals surface area contributed by atoms with Gasteiger partial charge in [-0.3, -0.25) is 9.79 Å². The Kier molecular flexibility index (Phi) is 7.73. The molecule has 136 valence electrons. The summed E-state index contributed by atoms with van der Waals surface area (Å²) >= 11 is 1.76. The maximum Gasteiger partial charge on any atom is 0.225 e. The summed E-state index contributed by atoms with van der Waals surface area (Å²) in [5.74, 6) is 0.845. The molecule has 6 heteroatoms. The minimum Gasteiger partial charge on any atom is -0.357 e. The van der Waals surface area contributed by atoms with Crippen LogP contribution < -0.4 is 16.0 Å². The fraction of sp³-hybridized carbons (Fsp3) is 0.667. The zero-order valence-corrected chi connectivity index (χ0v) is 16.6. The molecule has 1 rings (SSSR count). The van der Waals surface area contributed by atoms with Crippen molar-refractivity contribution in [3.8, 4) is 0 Å². The van der Waals surface area contributed by atoms with E-state index in [-0.39, 0.29) is 16.7 Å². The van der Waals surface area contributed by atoms with Gasteiger partial charge in [0.25, 0.3) is 0 Å². The second kappa shape index (κ2) is 9.06. The van der Waals surface area contributed by atoms with Crippen LogP contribution >= 0.6 is 11.3 Å². The van der Waals surface area contributed by atoms with E-state index in [1.807, 2.05) is 27.7 Å². The number of hydrogen-bond acceptors (Lipinski definition) is 3. The predicted molar refractivity (Wildman–Crippen MR) is 104 cm³/mol. The topological polar surface area (TPSA) is 65.5 Å². The van der Waals surface area contributed by atoms with Gasteiger partial charge in [0.1, 0.15) is 0 Å². The van der Waals surface area contributed by atoms with Gasteiger partial charge in [0.2, 0.25) is 5.91 Å². The summed E-state index contributed by atoms with van der Waals surface area (Å²) in [6.45, 7) is 14.9. The lowest BCUT2D eigenvalue weighted by Gasteiger charge is -2.22. The third-order valence-electron chi connectivity index (χ3n) is 3.55. The van der Waals surface area contributed by atoms with Gasteiger partial charge >= 0.3 is 0 Å². The summed E-state index contributed by atoms with van der Waals surface area (Å²) in [5, 5.41) is 11.6.